The van der Waals surface area contributed by atoms with Crippen LogP contribution in [0.3, 0.4) is 0 Å². The van der Waals surface area contributed by atoms with Crippen LogP contribution in [0.25, 0.3) is 0 Å². The van der Waals surface area contributed by atoms with E-state index in [0.717, 1.165) is 12.8 Å². The van der Waals surface area contributed by atoms with E-state index in [2.05, 4.69) is 31.1 Å². The number of methoxy groups -OCH3 is 1. The van der Waals surface area contributed by atoms with Gasteiger partial charge in [0.2, 0.25) is 0 Å². The first-order chi connectivity index (χ1) is 7.57. The van der Waals surface area contributed by atoms with Crippen LogP contribution < -0.4 is 11.1 Å². The number of guanidine groups is 1. The molecule has 16 heavy (non-hydrogen) atoms. The first kappa shape index (κ1) is 13.3. The average Bonchev–Trinajstić information content (AvgIpc) is 2.31. The van der Waals surface area contributed by atoms with E-state index in [0.29, 0.717) is 24.0 Å². The van der Waals surface area contributed by atoms with E-state index >= 15 is 0 Å². The SMILES string of the molecule is CCC1(CC)C(NC(N)=NC)C(C)C1OC. The number of rotatable bonds is 4. The van der Waals surface area contributed by atoms with Crippen molar-refractivity contribution in [2.75, 3.05) is 14.2 Å². The Bertz CT molecular complexity index is 261. The van der Waals surface area contributed by atoms with Gasteiger partial charge in [-0.25, -0.2) is 0 Å². The van der Waals surface area contributed by atoms with Gasteiger partial charge in [0, 0.05) is 31.5 Å². The summed E-state index contributed by atoms with van der Waals surface area (Å²) in [6.45, 7) is 6.64. The molecule has 1 saturated carbocycles. The van der Waals surface area contributed by atoms with Crippen molar-refractivity contribution in [2.24, 2.45) is 22.1 Å². The minimum atomic E-state index is 0.198. The molecule has 0 heterocycles. The van der Waals surface area contributed by atoms with Crippen LogP contribution in [-0.2, 0) is 4.74 Å². The Morgan fingerprint density at radius 2 is 2.00 bits per heavy atom. The van der Waals surface area contributed by atoms with Crippen LogP contribution in [-0.4, -0.2) is 32.3 Å². The van der Waals surface area contributed by atoms with Gasteiger partial charge in [0.1, 0.15) is 0 Å². The Balaban J connectivity index is 2.83. The van der Waals surface area contributed by atoms with Crippen molar-refractivity contribution in [1.82, 2.24) is 5.32 Å². The highest BCUT2D eigenvalue weighted by Gasteiger charge is 2.58. The van der Waals surface area contributed by atoms with E-state index in [-0.39, 0.29) is 5.41 Å². The van der Waals surface area contributed by atoms with Gasteiger partial charge in [-0.05, 0) is 12.8 Å². The van der Waals surface area contributed by atoms with Crippen LogP contribution in [0.2, 0.25) is 0 Å². The van der Waals surface area contributed by atoms with Crippen molar-refractivity contribution in [2.45, 2.75) is 45.8 Å². The summed E-state index contributed by atoms with van der Waals surface area (Å²) in [7, 11) is 3.51. The molecule has 3 unspecified atom stereocenters. The highest BCUT2D eigenvalue weighted by Crippen LogP contribution is 2.52. The summed E-state index contributed by atoms with van der Waals surface area (Å²) < 4.78 is 5.62. The molecule has 1 aliphatic rings. The molecule has 0 amide bonds. The fourth-order valence-electron chi connectivity index (χ4n) is 3.32. The molecule has 0 aromatic rings. The number of aliphatic imine (C=N–C) groups is 1. The molecule has 1 aliphatic carbocycles. The molecule has 0 saturated heterocycles. The summed E-state index contributed by atoms with van der Waals surface area (Å²) in [4.78, 5) is 3.97. The van der Waals surface area contributed by atoms with Crippen LogP contribution >= 0.6 is 0 Å². The summed E-state index contributed by atoms with van der Waals surface area (Å²) in [5.74, 6) is 1.00. The van der Waals surface area contributed by atoms with Gasteiger partial charge in [-0.15, -0.1) is 0 Å². The van der Waals surface area contributed by atoms with Gasteiger partial charge in [0.15, 0.2) is 5.96 Å². The molecule has 0 spiro atoms. The normalized spacial score (nSPS) is 33.3. The van der Waals surface area contributed by atoms with E-state index in [1.165, 1.54) is 0 Å². The van der Waals surface area contributed by atoms with Crippen molar-refractivity contribution in [1.29, 1.82) is 0 Å². The van der Waals surface area contributed by atoms with Crippen molar-refractivity contribution in [3.05, 3.63) is 0 Å². The predicted octanol–water partition coefficient (Wildman–Crippen LogP) is 1.36. The molecule has 0 radical (unpaired) electrons. The topological polar surface area (TPSA) is 59.6 Å². The molecule has 0 aromatic heterocycles. The van der Waals surface area contributed by atoms with E-state index in [1.54, 1.807) is 14.2 Å². The van der Waals surface area contributed by atoms with E-state index < -0.39 is 0 Å². The van der Waals surface area contributed by atoms with Crippen LogP contribution in [0.5, 0.6) is 0 Å². The Labute approximate surface area is 98.6 Å². The smallest absolute Gasteiger partial charge is 0.188 e. The molecule has 94 valence electrons. The van der Waals surface area contributed by atoms with Gasteiger partial charge >= 0.3 is 0 Å². The molecular weight excluding hydrogens is 202 g/mol. The maximum absolute atomic E-state index is 5.76. The number of nitrogens with one attached hydrogen (secondary N) is 1. The lowest BCUT2D eigenvalue weighted by atomic mass is 9.53. The maximum atomic E-state index is 5.76. The molecule has 0 aliphatic heterocycles. The van der Waals surface area contributed by atoms with Crippen LogP contribution in [0, 0.1) is 11.3 Å². The van der Waals surface area contributed by atoms with Crippen LogP contribution in [0.4, 0.5) is 0 Å². The Kier molecular flexibility index (Phi) is 4.19. The lowest BCUT2D eigenvalue weighted by Crippen LogP contribution is -2.70. The van der Waals surface area contributed by atoms with E-state index in [9.17, 15) is 0 Å². The van der Waals surface area contributed by atoms with Gasteiger partial charge in [-0.3, -0.25) is 4.99 Å². The molecule has 4 heteroatoms. The molecule has 3 N–H and O–H groups in total. The van der Waals surface area contributed by atoms with Gasteiger partial charge in [-0.2, -0.15) is 0 Å². The second-order valence-electron chi connectivity index (χ2n) is 4.69. The highest BCUT2D eigenvalue weighted by molar-refractivity contribution is 5.78. The monoisotopic (exact) mass is 227 g/mol. The molecule has 4 nitrogen and oxygen atoms in total. The van der Waals surface area contributed by atoms with Crippen molar-refractivity contribution in [3.8, 4) is 0 Å². The van der Waals surface area contributed by atoms with Gasteiger partial charge in [0.25, 0.3) is 0 Å². The second kappa shape index (κ2) is 5.04. The summed E-state index contributed by atoms with van der Waals surface area (Å²) >= 11 is 0. The molecule has 1 rings (SSSR count). The third kappa shape index (κ3) is 1.79. The van der Waals surface area contributed by atoms with E-state index in [4.69, 9.17) is 10.5 Å². The van der Waals surface area contributed by atoms with E-state index in [1.807, 2.05) is 0 Å². The van der Waals surface area contributed by atoms with Crippen molar-refractivity contribution < 1.29 is 4.74 Å². The first-order valence-electron chi connectivity index (χ1n) is 6.08. The zero-order valence-corrected chi connectivity index (χ0v) is 11.1. The Morgan fingerprint density at radius 1 is 1.44 bits per heavy atom. The minimum Gasteiger partial charge on any atom is -0.380 e. The first-order valence-corrected chi connectivity index (χ1v) is 6.08. The van der Waals surface area contributed by atoms with Gasteiger partial charge < -0.3 is 15.8 Å². The fraction of sp³-hybridized carbons (Fsp3) is 0.917. The summed E-state index contributed by atoms with van der Waals surface area (Å²) in [6.07, 6.45) is 2.52. The summed E-state index contributed by atoms with van der Waals surface area (Å²) in [6, 6.07) is 0.371. The average molecular weight is 227 g/mol. The fourth-order valence-corrected chi connectivity index (χ4v) is 3.32. The largest absolute Gasteiger partial charge is 0.380 e. The molecular formula is C12H25N3O. The third-order valence-electron chi connectivity index (χ3n) is 4.30. The number of ether oxygens (including phenoxy) is 1. The van der Waals surface area contributed by atoms with Crippen molar-refractivity contribution in [3.63, 3.8) is 0 Å². The molecule has 3 atom stereocenters. The van der Waals surface area contributed by atoms with Crippen LogP contribution in [0.15, 0.2) is 4.99 Å². The number of hydrogen-bond donors (Lipinski definition) is 2. The zero-order chi connectivity index (χ0) is 12.3. The number of nitrogens with two attached hydrogens (primary N) is 1. The second-order valence-corrected chi connectivity index (χ2v) is 4.69. The third-order valence-corrected chi connectivity index (χ3v) is 4.30. The predicted molar refractivity (Wildman–Crippen MR) is 67.4 cm³/mol. The van der Waals surface area contributed by atoms with Gasteiger partial charge in [0.05, 0.1) is 6.10 Å². The number of nitrogens with zero attached hydrogens (tertiary/aromatic N) is 1. The zero-order valence-electron chi connectivity index (χ0n) is 11.1. The highest BCUT2D eigenvalue weighted by atomic mass is 16.5. The lowest BCUT2D eigenvalue weighted by Gasteiger charge is -2.59. The molecule has 1 fully saturated rings. The summed E-state index contributed by atoms with van der Waals surface area (Å²) in [5.41, 5.74) is 5.96. The van der Waals surface area contributed by atoms with Crippen molar-refractivity contribution >= 4 is 5.96 Å². The summed E-state index contributed by atoms with van der Waals surface area (Å²) in [5, 5.41) is 3.32. The minimum absolute atomic E-state index is 0.198. The Morgan fingerprint density at radius 3 is 2.38 bits per heavy atom. The quantitative estimate of drug-likeness (QED) is 0.563. The Hall–Kier alpha value is -0.770. The standard InChI is InChI=1S/C12H25N3O/c1-6-12(7-2)9(15-11(13)14-4)8(3)10(12)16-5/h8-10H,6-7H2,1-5H3,(H3,13,14,15). The maximum Gasteiger partial charge on any atom is 0.188 e. The number of hydrogen-bond acceptors (Lipinski definition) is 2. The molecule has 0 aromatic carbocycles. The van der Waals surface area contributed by atoms with Gasteiger partial charge in [-0.1, -0.05) is 20.8 Å². The van der Waals surface area contributed by atoms with Crippen LogP contribution in [0.1, 0.15) is 33.6 Å². The molecule has 0 bridgehead atoms. The lowest BCUT2D eigenvalue weighted by molar-refractivity contribution is -0.163.